The summed E-state index contributed by atoms with van der Waals surface area (Å²) >= 11 is 3.96. The van der Waals surface area contributed by atoms with Crippen LogP contribution in [0.25, 0.3) is 21.3 Å². The number of nitrogens with zero attached hydrogens (tertiary/aromatic N) is 4. The molecular weight excluding hydrogens is 677 g/mol. The van der Waals surface area contributed by atoms with E-state index in [2.05, 4.69) is 39.4 Å². The fourth-order valence-corrected chi connectivity index (χ4v) is 8.73. The number of carbonyl (C=O) groups is 2. The topological polar surface area (TPSA) is 115 Å². The van der Waals surface area contributed by atoms with Gasteiger partial charge in [-0.2, -0.15) is 0 Å². The molecule has 1 atom stereocenters. The number of thiazole rings is 1. The van der Waals surface area contributed by atoms with Gasteiger partial charge in [0, 0.05) is 11.3 Å². The molecule has 4 aromatic carbocycles. The van der Waals surface area contributed by atoms with Crippen molar-refractivity contribution in [3.63, 3.8) is 0 Å². The number of ketones is 1. The van der Waals surface area contributed by atoms with Crippen molar-refractivity contribution in [1.82, 2.24) is 15.2 Å². The smallest absolute Gasteiger partial charge is 0.296 e. The van der Waals surface area contributed by atoms with E-state index in [0.29, 0.717) is 49.3 Å². The first-order valence-corrected chi connectivity index (χ1v) is 18.1. The summed E-state index contributed by atoms with van der Waals surface area (Å²) in [6, 6.07) is 28.1. The van der Waals surface area contributed by atoms with Crippen LogP contribution in [0.15, 0.2) is 107 Å². The van der Waals surface area contributed by atoms with Crippen LogP contribution in [0.4, 0.5) is 5.13 Å². The Bertz CT molecular complexity index is 2220. The molecule has 49 heavy (non-hydrogen) atoms. The van der Waals surface area contributed by atoms with E-state index in [1.165, 1.54) is 46.4 Å². The molecule has 0 spiro atoms. The molecule has 0 bridgehead atoms. The van der Waals surface area contributed by atoms with Gasteiger partial charge in [-0.05, 0) is 47.9 Å². The summed E-state index contributed by atoms with van der Waals surface area (Å²) in [5.74, 6) is -0.289. The SMILES string of the molecule is CCOc1ccc(C2C(C(=O)c3sc(-c4ccccc4)nc3C)=C(O)C(=O)N2c2nnc(SCc3cccc4ccccc34)s2)cc1OC. The summed E-state index contributed by atoms with van der Waals surface area (Å²) in [7, 11) is 1.52. The Hall–Kier alpha value is -5.04. The minimum absolute atomic E-state index is 0.0669. The standard InChI is InChI=1S/C37H30N4O5S3/c1-4-46-27-18-17-24(19-28(27)45-3)30-29(31(42)33-21(2)38-34(48-33)23-12-6-5-7-13-23)32(43)35(44)41(30)36-39-40-37(49-36)47-20-25-15-10-14-22-11-8-9-16-26(22)25/h5-19,30,43H,4,20H2,1-3H3. The van der Waals surface area contributed by atoms with Crippen molar-refractivity contribution in [2.45, 2.75) is 30.0 Å². The Morgan fingerprint density at radius 1 is 0.959 bits per heavy atom. The molecule has 3 heterocycles. The summed E-state index contributed by atoms with van der Waals surface area (Å²) in [5, 5.41) is 23.5. The van der Waals surface area contributed by atoms with Gasteiger partial charge in [0.25, 0.3) is 5.91 Å². The lowest BCUT2D eigenvalue weighted by molar-refractivity contribution is -0.117. The first kappa shape index (κ1) is 32.5. The van der Waals surface area contributed by atoms with E-state index in [1.54, 1.807) is 25.1 Å². The average molecular weight is 707 g/mol. The van der Waals surface area contributed by atoms with E-state index in [9.17, 15) is 14.7 Å². The van der Waals surface area contributed by atoms with Gasteiger partial charge in [-0.15, -0.1) is 21.5 Å². The molecule has 1 aliphatic heterocycles. The third kappa shape index (κ3) is 6.18. The van der Waals surface area contributed by atoms with Crippen LogP contribution in [0.2, 0.25) is 0 Å². The largest absolute Gasteiger partial charge is 0.503 e. The lowest BCUT2D eigenvalue weighted by Gasteiger charge is -2.24. The monoisotopic (exact) mass is 706 g/mol. The third-order valence-electron chi connectivity index (χ3n) is 8.11. The molecule has 0 fully saturated rings. The predicted molar refractivity (Wildman–Crippen MR) is 194 cm³/mol. The van der Waals surface area contributed by atoms with Gasteiger partial charge in [0.1, 0.15) is 5.01 Å². The molecule has 7 rings (SSSR count). The van der Waals surface area contributed by atoms with Crippen LogP contribution >= 0.6 is 34.4 Å². The Labute approximate surface area is 294 Å². The molecule has 0 radical (unpaired) electrons. The maximum atomic E-state index is 14.4. The van der Waals surface area contributed by atoms with Crippen LogP contribution < -0.4 is 14.4 Å². The van der Waals surface area contributed by atoms with Crippen molar-refractivity contribution in [3.05, 3.63) is 124 Å². The fraction of sp³-hybridized carbons (Fsp3) is 0.162. The highest BCUT2D eigenvalue weighted by Crippen LogP contribution is 2.46. The zero-order valence-electron chi connectivity index (χ0n) is 26.7. The van der Waals surface area contributed by atoms with Crippen molar-refractivity contribution in [2.75, 3.05) is 18.6 Å². The maximum absolute atomic E-state index is 14.4. The number of aliphatic hydroxyl groups is 1. The predicted octanol–water partition coefficient (Wildman–Crippen LogP) is 8.61. The highest BCUT2D eigenvalue weighted by molar-refractivity contribution is 8.00. The van der Waals surface area contributed by atoms with Crippen LogP contribution in [0.3, 0.4) is 0 Å². The number of benzene rings is 4. The number of aryl methyl sites for hydroxylation is 1. The number of hydrogen-bond donors (Lipinski definition) is 1. The number of anilines is 1. The normalized spacial score (nSPS) is 14.6. The molecule has 246 valence electrons. The Morgan fingerprint density at radius 2 is 1.73 bits per heavy atom. The summed E-state index contributed by atoms with van der Waals surface area (Å²) in [6.07, 6.45) is 0. The van der Waals surface area contributed by atoms with Gasteiger partial charge >= 0.3 is 0 Å². The molecule has 1 amide bonds. The van der Waals surface area contributed by atoms with Crippen LogP contribution in [-0.4, -0.2) is 45.7 Å². The molecule has 0 aliphatic carbocycles. The molecule has 12 heteroatoms. The summed E-state index contributed by atoms with van der Waals surface area (Å²) in [6.45, 7) is 4.04. The second-order valence-electron chi connectivity index (χ2n) is 11.1. The van der Waals surface area contributed by atoms with Gasteiger partial charge in [-0.3, -0.25) is 14.5 Å². The Morgan fingerprint density at radius 3 is 2.53 bits per heavy atom. The van der Waals surface area contributed by atoms with E-state index in [-0.39, 0.29) is 10.7 Å². The second-order valence-corrected chi connectivity index (χ2v) is 14.3. The number of fused-ring (bicyclic) bond motifs is 1. The number of aromatic nitrogens is 3. The first-order valence-electron chi connectivity index (χ1n) is 15.5. The molecule has 0 saturated carbocycles. The minimum Gasteiger partial charge on any atom is -0.503 e. The second kappa shape index (κ2) is 13.8. The number of ether oxygens (including phenoxy) is 2. The van der Waals surface area contributed by atoms with Gasteiger partial charge < -0.3 is 14.6 Å². The van der Waals surface area contributed by atoms with Crippen LogP contribution in [0.1, 0.15) is 39.5 Å². The van der Waals surface area contributed by atoms with E-state index in [1.807, 2.05) is 55.5 Å². The number of rotatable bonds is 11. The van der Waals surface area contributed by atoms with E-state index < -0.39 is 23.5 Å². The zero-order valence-corrected chi connectivity index (χ0v) is 29.2. The van der Waals surface area contributed by atoms with Gasteiger partial charge in [-0.1, -0.05) is 102 Å². The molecule has 1 N–H and O–H groups in total. The van der Waals surface area contributed by atoms with Gasteiger partial charge in [0.2, 0.25) is 10.9 Å². The number of methoxy groups -OCH3 is 1. The summed E-state index contributed by atoms with van der Waals surface area (Å²) in [5.41, 5.74) is 2.99. The van der Waals surface area contributed by atoms with Crippen molar-refractivity contribution in [3.8, 4) is 22.1 Å². The first-order chi connectivity index (χ1) is 23.9. The van der Waals surface area contributed by atoms with Gasteiger partial charge in [-0.25, -0.2) is 4.98 Å². The Kier molecular flexibility index (Phi) is 9.17. The Balaban J connectivity index is 1.26. The van der Waals surface area contributed by atoms with Crippen molar-refractivity contribution in [2.24, 2.45) is 0 Å². The van der Waals surface area contributed by atoms with Crippen molar-refractivity contribution >= 4 is 62.0 Å². The van der Waals surface area contributed by atoms with Gasteiger partial charge in [0.05, 0.1) is 35.9 Å². The van der Waals surface area contributed by atoms with Crippen molar-refractivity contribution in [1.29, 1.82) is 0 Å². The maximum Gasteiger partial charge on any atom is 0.296 e. The van der Waals surface area contributed by atoms with E-state index in [4.69, 9.17) is 9.47 Å². The van der Waals surface area contributed by atoms with Crippen molar-refractivity contribution < 1.29 is 24.2 Å². The lowest BCUT2D eigenvalue weighted by Crippen LogP contribution is -2.31. The van der Waals surface area contributed by atoms with E-state index in [0.717, 1.165) is 21.9 Å². The van der Waals surface area contributed by atoms with Crippen LogP contribution in [0.5, 0.6) is 11.5 Å². The fourth-order valence-electron chi connectivity index (χ4n) is 5.83. The number of aliphatic hydroxyl groups excluding tert-OH is 1. The minimum atomic E-state index is -1.02. The quantitative estimate of drug-likeness (QED) is 0.0804. The number of carbonyl (C=O) groups excluding carboxylic acids is 2. The molecule has 9 nitrogen and oxygen atoms in total. The number of Topliss-reactive ketones (excluding diaryl/α,β-unsaturated/α-hetero) is 1. The highest BCUT2D eigenvalue weighted by Gasteiger charge is 2.47. The van der Waals surface area contributed by atoms with E-state index >= 15 is 0 Å². The molecule has 2 aromatic heterocycles. The average Bonchev–Trinajstić information content (AvgIpc) is 3.83. The summed E-state index contributed by atoms with van der Waals surface area (Å²) < 4.78 is 12.0. The number of hydrogen-bond acceptors (Lipinski definition) is 11. The highest BCUT2D eigenvalue weighted by atomic mass is 32.2. The molecular formula is C37H30N4O5S3. The number of thioether (sulfide) groups is 1. The lowest BCUT2D eigenvalue weighted by atomic mass is 9.95. The van der Waals surface area contributed by atoms with Crippen LogP contribution in [-0.2, 0) is 10.5 Å². The van der Waals surface area contributed by atoms with Crippen LogP contribution in [0, 0.1) is 6.92 Å². The molecule has 0 saturated heterocycles. The third-order valence-corrected chi connectivity index (χ3v) is 11.4. The van der Waals surface area contributed by atoms with Gasteiger partial charge in [0.15, 0.2) is 21.6 Å². The molecule has 1 unspecified atom stereocenters. The summed E-state index contributed by atoms with van der Waals surface area (Å²) in [4.78, 5) is 34.7. The zero-order chi connectivity index (χ0) is 34.1. The molecule has 1 aliphatic rings. The number of amides is 1. The molecule has 6 aromatic rings.